The molecule has 0 fully saturated rings. The molecule has 0 spiro atoms. The zero-order valence-corrected chi connectivity index (χ0v) is 10.2. The van der Waals surface area contributed by atoms with Gasteiger partial charge in [0.05, 0.1) is 4.92 Å². The van der Waals surface area contributed by atoms with Crippen LogP contribution in [-0.2, 0) is 0 Å². The van der Waals surface area contributed by atoms with Gasteiger partial charge in [0.1, 0.15) is 5.75 Å². The molecule has 0 atom stereocenters. The molecule has 20 heavy (non-hydrogen) atoms. The van der Waals surface area contributed by atoms with Crippen LogP contribution in [0.1, 0.15) is 0 Å². The van der Waals surface area contributed by atoms with Gasteiger partial charge in [-0.3, -0.25) is 10.1 Å². The van der Waals surface area contributed by atoms with Gasteiger partial charge >= 0.3 is 6.03 Å². The first-order chi connectivity index (χ1) is 9.54. The Morgan fingerprint density at radius 2 is 1.40 bits per heavy atom. The number of nitro benzene ring substituents is 1. The number of carbonyl (C=O) groups excluding carboxylic acids is 1. The van der Waals surface area contributed by atoms with Crippen molar-refractivity contribution in [1.29, 1.82) is 0 Å². The van der Waals surface area contributed by atoms with Crippen LogP contribution in [-0.4, -0.2) is 16.1 Å². The van der Waals surface area contributed by atoms with E-state index in [2.05, 4.69) is 10.6 Å². The Kier molecular flexibility index (Phi) is 3.80. The van der Waals surface area contributed by atoms with Crippen LogP contribution in [0.2, 0.25) is 0 Å². The standard InChI is InChI=1S/C13H11N3O4/c17-12-7-3-10(4-8-12)15-13(18)14-9-1-5-11(6-2-9)16(19)20/h1-8,17H,(H2,14,15,18). The number of amides is 2. The van der Waals surface area contributed by atoms with Gasteiger partial charge in [-0.05, 0) is 36.4 Å². The molecule has 0 heterocycles. The second kappa shape index (κ2) is 5.70. The summed E-state index contributed by atoms with van der Waals surface area (Å²) >= 11 is 0. The highest BCUT2D eigenvalue weighted by atomic mass is 16.6. The summed E-state index contributed by atoms with van der Waals surface area (Å²) in [6.07, 6.45) is 0. The first-order valence-corrected chi connectivity index (χ1v) is 5.66. The van der Waals surface area contributed by atoms with Crippen molar-refractivity contribution in [3.05, 3.63) is 58.6 Å². The van der Waals surface area contributed by atoms with Gasteiger partial charge in [0.15, 0.2) is 0 Å². The number of nitro groups is 1. The van der Waals surface area contributed by atoms with Crippen LogP contribution in [0.15, 0.2) is 48.5 Å². The van der Waals surface area contributed by atoms with Crippen LogP contribution in [0.4, 0.5) is 21.9 Å². The topological polar surface area (TPSA) is 104 Å². The molecule has 0 aromatic heterocycles. The summed E-state index contributed by atoms with van der Waals surface area (Å²) < 4.78 is 0. The van der Waals surface area contributed by atoms with Crippen molar-refractivity contribution in [2.75, 3.05) is 10.6 Å². The van der Waals surface area contributed by atoms with E-state index in [0.717, 1.165) is 0 Å². The number of hydrogen-bond acceptors (Lipinski definition) is 4. The van der Waals surface area contributed by atoms with E-state index in [1.807, 2.05) is 0 Å². The number of urea groups is 1. The number of benzene rings is 2. The summed E-state index contributed by atoms with van der Waals surface area (Å²) in [5, 5.41) is 24.7. The maximum Gasteiger partial charge on any atom is 0.323 e. The summed E-state index contributed by atoms with van der Waals surface area (Å²) in [6, 6.07) is 11.0. The summed E-state index contributed by atoms with van der Waals surface area (Å²) in [6.45, 7) is 0. The Balaban J connectivity index is 1.97. The molecular formula is C13H11N3O4. The fraction of sp³-hybridized carbons (Fsp3) is 0. The van der Waals surface area contributed by atoms with Crippen molar-refractivity contribution in [3.63, 3.8) is 0 Å². The normalized spacial score (nSPS) is 9.80. The number of aromatic hydroxyl groups is 1. The molecule has 7 heteroatoms. The lowest BCUT2D eigenvalue weighted by molar-refractivity contribution is -0.384. The minimum absolute atomic E-state index is 0.0468. The highest BCUT2D eigenvalue weighted by Gasteiger charge is 2.06. The number of phenols is 1. The van der Waals surface area contributed by atoms with E-state index in [1.165, 1.54) is 36.4 Å². The quantitative estimate of drug-likeness (QED) is 0.454. The van der Waals surface area contributed by atoms with Gasteiger partial charge in [-0.25, -0.2) is 4.79 Å². The lowest BCUT2D eigenvalue weighted by Crippen LogP contribution is -2.19. The lowest BCUT2D eigenvalue weighted by Gasteiger charge is -2.07. The maximum atomic E-state index is 11.7. The van der Waals surface area contributed by atoms with E-state index >= 15 is 0 Å². The highest BCUT2D eigenvalue weighted by molar-refractivity contribution is 5.99. The van der Waals surface area contributed by atoms with Crippen molar-refractivity contribution in [2.45, 2.75) is 0 Å². The molecule has 0 bridgehead atoms. The summed E-state index contributed by atoms with van der Waals surface area (Å²) in [7, 11) is 0. The van der Waals surface area contributed by atoms with Crippen LogP contribution in [0.25, 0.3) is 0 Å². The van der Waals surface area contributed by atoms with E-state index in [-0.39, 0.29) is 11.4 Å². The molecule has 0 radical (unpaired) electrons. The number of carbonyl (C=O) groups is 1. The van der Waals surface area contributed by atoms with Crippen LogP contribution < -0.4 is 10.6 Å². The number of nitrogens with one attached hydrogen (secondary N) is 2. The first-order valence-electron chi connectivity index (χ1n) is 5.66. The largest absolute Gasteiger partial charge is 0.508 e. The van der Waals surface area contributed by atoms with Crippen LogP contribution in [0, 0.1) is 10.1 Å². The van der Waals surface area contributed by atoms with Gasteiger partial charge in [-0.15, -0.1) is 0 Å². The monoisotopic (exact) mass is 273 g/mol. The average molecular weight is 273 g/mol. The third-order valence-electron chi connectivity index (χ3n) is 2.46. The second-order valence-electron chi connectivity index (χ2n) is 3.93. The SMILES string of the molecule is O=C(Nc1ccc(O)cc1)Nc1ccc([N+](=O)[O-])cc1. The Labute approximate surface area is 114 Å². The van der Waals surface area contributed by atoms with E-state index in [9.17, 15) is 14.9 Å². The predicted molar refractivity (Wildman–Crippen MR) is 73.8 cm³/mol. The number of rotatable bonds is 3. The Hall–Kier alpha value is -3.09. The third-order valence-corrected chi connectivity index (χ3v) is 2.46. The number of nitrogens with zero attached hydrogens (tertiary/aromatic N) is 1. The second-order valence-corrected chi connectivity index (χ2v) is 3.93. The maximum absolute atomic E-state index is 11.7. The number of hydrogen-bond donors (Lipinski definition) is 3. The predicted octanol–water partition coefficient (Wildman–Crippen LogP) is 2.94. The minimum Gasteiger partial charge on any atom is -0.508 e. The van der Waals surface area contributed by atoms with Gasteiger partial charge in [-0.2, -0.15) is 0 Å². The molecule has 2 aromatic rings. The molecule has 2 amide bonds. The van der Waals surface area contributed by atoms with E-state index in [1.54, 1.807) is 12.1 Å². The minimum atomic E-state index is -0.514. The zero-order chi connectivity index (χ0) is 14.5. The smallest absolute Gasteiger partial charge is 0.323 e. The molecule has 0 saturated heterocycles. The Morgan fingerprint density at radius 3 is 1.85 bits per heavy atom. The number of anilines is 2. The van der Waals surface area contributed by atoms with Crippen molar-refractivity contribution in [1.82, 2.24) is 0 Å². The average Bonchev–Trinajstić information content (AvgIpc) is 2.42. The number of phenolic OH excluding ortho intramolecular Hbond substituents is 1. The van der Waals surface area contributed by atoms with Gasteiger partial charge in [0, 0.05) is 23.5 Å². The molecule has 102 valence electrons. The highest BCUT2D eigenvalue weighted by Crippen LogP contribution is 2.17. The van der Waals surface area contributed by atoms with Crippen molar-refractivity contribution >= 4 is 23.1 Å². The molecule has 2 aromatic carbocycles. The summed E-state index contributed by atoms with van der Waals surface area (Å²) in [5.41, 5.74) is 0.906. The molecular weight excluding hydrogens is 262 g/mol. The molecule has 0 unspecified atom stereocenters. The Morgan fingerprint density at radius 1 is 0.950 bits per heavy atom. The van der Waals surface area contributed by atoms with E-state index in [0.29, 0.717) is 11.4 Å². The van der Waals surface area contributed by atoms with Crippen molar-refractivity contribution < 1.29 is 14.8 Å². The number of non-ortho nitro benzene ring substituents is 1. The molecule has 7 nitrogen and oxygen atoms in total. The van der Waals surface area contributed by atoms with Crippen LogP contribution >= 0.6 is 0 Å². The van der Waals surface area contributed by atoms with E-state index < -0.39 is 11.0 Å². The molecule has 0 aliphatic heterocycles. The molecule has 0 aliphatic carbocycles. The molecule has 0 saturated carbocycles. The molecule has 3 N–H and O–H groups in total. The zero-order valence-electron chi connectivity index (χ0n) is 10.2. The molecule has 0 aliphatic rings. The fourth-order valence-corrected chi connectivity index (χ4v) is 1.50. The van der Waals surface area contributed by atoms with Gasteiger partial charge in [0.2, 0.25) is 0 Å². The fourth-order valence-electron chi connectivity index (χ4n) is 1.50. The first kappa shape index (κ1) is 13.3. The lowest BCUT2D eigenvalue weighted by atomic mass is 10.3. The van der Waals surface area contributed by atoms with Crippen LogP contribution in [0.5, 0.6) is 5.75 Å². The summed E-state index contributed by atoms with van der Waals surface area (Å²) in [4.78, 5) is 21.6. The van der Waals surface area contributed by atoms with Gasteiger partial charge in [-0.1, -0.05) is 0 Å². The summed E-state index contributed by atoms with van der Waals surface area (Å²) in [5.74, 6) is 0.103. The van der Waals surface area contributed by atoms with Crippen molar-refractivity contribution in [2.24, 2.45) is 0 Å². The Bertz CT molecular complexity index is 623. The third kappa shape index (κ3) is 3.45. The van der Waals surface area contributed by atoms with Crippen LogP contribution in [0.3, 0.4) is 0 Å². The van der Waals surface area contributed by atoms with Gasteiger partial charge < -0.3 is 15.7 Å². The van der Waals surface area contributed by atoms with Gasteiger partial charge in [0.25, 0.3) is 5.69 Å². The van der Waals surface area contributed by atoms with Crippen molar-refractivity contribution in [3.8, 4) is 5.75 Å². The van der Waals surface area contributed by atoms with E-state index in [4.69, 9.17) is 5.11 Å². The molecule has 2 rings (SSSR count).